The Kier molecular flexibility index (Phi) is 6.05. The smallest absolute Gasteiger partial charge is 0.319 e. The first-order valence-electron chi connectivity index (χ1n) is 7.73. The van der Waals surface area contributed by atoms with Crippen LogP contribution in [0.1, 0.15) is 15.9 Å². The number of carbonyl (C=O) groups excluding carboxylic acids is 2. The molecule has 2 aromatic carbocycles. The highest BCUT2D eigenvalue weighted by Crippen LogP contribution is 2.20. The van der Waals surface area contributed by atoms with Crippen LogP contribution in [0.25, 0.3) is 0 Å². The van der Waals surface area contributed by atoms with Gasteiger partial charge in [0.25, 0.3) is 11.6 Å². The lowest BCUT2D eigenvalue weighted by molar-refractivity contribution is -0.385. The molecule has 0 aliphatic heterocycles. The zero-order valence-corrected chi connectivity index (χ0v) is 14.1. The van der Waals surface area contributed by atoms with Crippen molar-refractivity contribution < 1.29 is 14.5 Å². The van der Waals surface area contributed by atoms with E-state index in [2.05, 4.69) is 22.5 Å². The number of urea groups is 1. The van der Waals surface area contributed by atoms with Gasteiger partial charge in [-0.3, -0.25) is 14.9 Å². The highest BCUT2D eigenvalue weighted by Gasteiger charge is 2.15. The SMILES string of the molecule is C=CCNC(=O)Nc1ccc(NC(=O)c2ccc(C)c([N+](=O)[O-])c2)cc1. The van der Waals surface area contributed by atoms with Crippen molar-refractivity contribution in [2.45, 2.75) is 6.92 Å². The number of nitro benzene ring substituents is 1. The predicted octanol–water partition coefficient (Wildman–Crippen LogP) is 3.46. The van der Waals surface area contributed by atoms with E-state index in [0.717, 1.165) is 0 Å². The molecule has 0 unspecified atom stereocenters. The molecular formula is C18H18N4O4. The number of aryl methyl sites for hydroxylation is 1. The molecule has 0 aliphatic rings. The Labute approximate surface area is 150 Å². The van der Waals surface area contributed by atoms with E-state index >= 15 is 0 Å². The standard InChI is InChI=1S/C18H18N4O4/c1-3-10-19-18(24)21-15-8-6-14(7-9-15)20-17(23)13-5-4-12(2)16(11-13)22(25)26/h3-9,11H,1,10H2,2H3,(H,20,23)(H2,19,21,24). The minimum Gasteiger partial charge on any atom is -0.334 e. The second-order valence-electron chi connectivity index (χ2n) is 5.41. The fraction of sp³-hybridized carbons (Fsp3) is 0.111. The van der Waals surface area contributed by atoms with Gasteiger partial charge in [-0.25, -0.2) is 4.79 Å². The number of hydrogen-bond acceptors (Lipinski definition) is 4. The number of carbonyl (C=O) groups is 2. The Bertz CT molecular complexity index is 847. The van der Waals surface area contributed by atoms with Gasteiger partial charge in [0, 0.05) is 35.1 Å². The molecule has 3 amide bonds. The van der Waals surface area contributed by atoms with E-state index in [9.17, 15) is 19.7 Å². The number of hydrogen-bond donors (Lipinski definition) is 3. The van der Waals surface area contributed by atoms with Crippen LogP contribution in [-0.2, 0) is 0 Å². The van der Waals surface area contributed by atoms with Crippen LogP contribution in [0.3, 0.4) is 0 Å². The second-order valence-corrected chi connectivity index (χ2v) is 5.41. The fourth-order valence-corrected chi connectivity index (χ4v) is 2.13. The molecule has 3 N–H and O–H groups in total. The topological polar surface area (TPSA) is 113 Å². The van der Waals surface area contributed by atoms with E-state index in [1.54, 1.807) is 37.3 Å². The Morgan fingerprint density at radius 3 is 2.31 bits per heavy atom. The predicted molar refractivity (Wildman–Crippen MR) is 99.4 cm³/mol. The summed E-state index contributed by atoms with van der Waals surface area (Å²) in [5, 5.41) is 18.8. The van der Waals surface area contributed by atoms with Crippen LogP contribution < -0.4 is 16.0 Å². The average molecular weight is 354 g/mol. The molecule has 0 heterocycles. The van der Waals surface area contributed by atoms with Crippen LogP contribution in [-0.4, -0.2) is 23.4 Å². The minimum absolute atomic E-state index is 0.109. The molecule has 0 atom stereocenters. The van der Waals surface area contributed by atoms with Crippen LogP contribution in [0, 0.1) is 17.0 Å². The van der Waals surface area contributed by atoms with Crippen molar-refractivity contribution >= 4 is 29.0 Å². The van der Waals surface area contributed by atoms with Gasteiger partial charge in [-0.05, 0) is 37.3 Å². The molecule has 8 nitrogen and oxygen atoms in total. The quantitative estimate of drug-likeness (QED) is 0.419. The van der Waals surface area contributed by atoms with Crippen LogP contribution in [0.5, 0.6) is 0 Å². The van der Waals surface area contributed by atoms with Crippen molar-refractivity contribution in [2.24, 2.45) is 0 Å². The average Bonchev–Trinajstić information content (AvgIpc) is 2.61. The van der Waals surface area contributed by atoms with E-state index in [0.29, 0.717) is 23.5 Å². The normalized spacial score (nSPS) is 9.88. The summed E-state index contributed by atoms with van der Waals surface area (Å²) in [7, 11) is 0. The summed E-state index contributed by atoms with van der Waals surface area (Å²) in [6.07, 6.45) is 1.56. The van der Waals surface area contributed by atoms with Gasteiger partial charge in [-0.2, -0.15) is 0 Å². The Morgan fingerprint density at radius 2 is 1.73 bits per heavy atom. The molecule has 0 fully saturated rings. The number of amides is 3. The summed E-state index contributed by atoms with van der Waals surface area (Å²) >= 11 is 0. The van der Waals surface area contributed by atoms with Crippen LogP contribution >= 0.6 is 0 Å². The minimum atomic E-state index is -0.524. The lowest BCUT2D eigenvalue weighted by Gasteiger charge is -2.09. The summed E-state index contributed by atoms with van der Waals surface area (Å²) in [6, 6.07) is 10.4. The number of benzene rings is 2. The third kappa shape index (κ3) is 4.91. The van der Waals surface area contributed by atoms with E-state index in [-0.39, 0.29) is 17.3 Å². The third-order valence-corrected chi connectivity index (χ3v) is 3.48. The van der Waals surface area contributed by atoms with E-state index in [1.807, 2.05) is 0 Å². The van der Waals surface area contributed by atoms with Crippen LogP contribution in [0.4, 0.5) is 21.9 Å². The first-order valence-corrected chi connectivity index (χ1v) is 7.73. The van der Waals surface area contributed by atoms with Crippen molar-refractivity contribution in [1.82, 2.24) is 5.32 Å². The maximum absolute atomic E-state index is 12.3. The van der Waals surface area contributed by atoms with E-state index in [1.165, 1.54) is 18.2 Å². The van der Waals surface area contributed by atoms with Gasteiger partial charge in [0.05, 0.1) is 4.92 Å². The molecule has 0 aromatic heterocycles. The monoisotopic (exact) mass is 354 g/mol. The number of nitrogens with zero attached hydrogens (tertiary/aromatic N) is 1. The molecule has 0 aliphatic carbocycles. The number of anilines is 2. The molecule has 0 saturated heterocycles. The summed E-state index contributed by atoms with van der Waals surface area (Å²) in [6.45, 7) is 5.46. The van der Waals surface area contributed by atoms with E-state index < -0.39 is 10.8 Å². The molecule has 0 spiro atoms. The molecule has 26 heavy (non-hydrogen) atoms. The first-order chi connectivity index (χ1) is 12.4. The van der Waals surface area contributed by atoms with Gasteiger partial charge in [0.2, 0.25) is 0 Å². The lowest BCUT2D eigenvalue weighted by Crippen LogP contribution is -2.28. The van der Waals surface area contributed by atoms with Gasteiger partial charge in [0.1, 0.15) is 0 Å². The summed E-state index contributed by atoms with van der Waals surface area (Å²) < 4.78 is 0. The molecule has 8 heteroatoms. The highest BCUT2D eigenvalue weighted by molar-refractivity contribution is 6.04. The lowest BCUT2D eigenvalue weighted by atomic mass is 10.1. The van der Waals surface area contributed by atoms with Crippen LogP contribution in [0.2, 0.25) is 0 Å². The molecule has 2 aromatic rings. The largest absolute Gasteiger partial charge is 0.334 e. The maximum Gasteiger partial charge on any atom is 0.319 e. The molecule has 0 bridgehead atoms. The van der Waals surface area contributed by atoms with Crippen molar-refractivity contribution in [3.63, 3.8) is 0 Å². The first kappa shape index (κ1) is 18.7. The van der Waals surface area contributed by atoms with Gasteiger partial charge in [-0.15, -0.1) is 6.58 Å². The van der Waals surface area contributed by atoms with Crippen molar-refractivity contribution in [2.75, 3.05) is 17.2 Å². The third-order valence-electron chi connectivity index (χ3n) is 3.48. The van der Waals surface area contributed by atoms with Crippen molar-refractivity contribution in [3.8, 4) is 0 Å². The maximum atomic E-state index is 12.3. The Hall–Kier alpha value is -3.68. The zero-order chi connectivity index (χ0) is 19.1. The zero-order valence-electron chi connectivity index (χ0n) is 14.1. The Morgan fingerprint density at radius 1 is 1.12 bits per heavy atom. The van der Waals surface area contributed by atoms with Gasteiger partial charge >= 0.3 is 6.03 Å². The van der Waals surface area contributed by atoms with Gasteiger partial charge in [-0.1, -0.05) is 12.1 Å². The summed E-state index contributed by atoms with van der Waals surface area (Å²) in [4.78, 5) is 34.2. The van der Waals surface area contributed by atoms with Gasteiger partial charge in [0.15, 0.2) is 0 Å². The molecule has 0 radical (unpaired) electrons. The molecule has 134 valence electrons. The number of rotatable bonds is 6. The second kappa shape index (κ2) is 8.43. The summed E-state index contributed by atoms with van der Waals surface area (Å²) in [5.74, 6) is -0.461. The highest BCUT2D eigenvalue weighted by atomic mass is 16.6. The molecular weight excluding hydrogens is 336 g/mol. The number of nitrogens with one attached hydrogen (secondary N) is 3. The van der Waals surface area contributed by atoms with E-state index in [4.69, 9.17) is 0 Å². The molecule has 2 rings (SSSR count). The van der Waals surface area contributed by atoms with Crippen molar-refractivity contribution in [1.29, 1.82) is 0 Å². The summed E-state index contributed by atoms with van der Waals surface area (Å²) in [5.41, 5.74) is 1.61. The van der Waals surface area contributed by atoms with Crippen LogP contribution in [0.15, 0.2) is 55.1 Å². The van der Waals surface area contributed by atoms with Crippen molar-refractivity contribution in [3.05, 3.63) is 76.4 Å². The number of nitro groups is 1. The molecule has 0 saturated carbocycles. The Balaban J connectivity index is 2.03. The fourth-order valence-electron chi connectivity index (χ4n) is 2.13. The van der Waals surface area contributed by atoms with Gasteiger partial charge < -0.3 is 16.0 Å².